The third kappa shape index (κ3) is 1.37. The maximum Gasteiger partial charge on any atom is 0.175 e. The van der Waals surface area contributed by atoms with E-state index < -0.39 is 0 Å². The molecule has 0 fully saturated rings. The van der Waals surface area contributed by atoms with Gasteiger partial charge in [-0.15, -0.1) is 5.10 Å². The maximum absolute atomic E-state index is 4.27. The van der Waals surface area contributed by atoms with Crippen LogP contribution in [0.15, 0.2) is 19.1 Å². The Morgan fingerprint density at radius 1 is 1.50 bits per heavy atom. The van der Waals surface area contributed by atoms with Crippen LogP contribution >= 0.6 is 0 Å². The Balaban J connectivity index is 2.48. The molecule has 0 spiro atoms. The average molecular weight is 188 g/mol. The van der Waals surface area contributed by atoms with E-state index in [9.17, 15) is 0 Å². The average Bonchev–Trinajstić information content (AvgIpc) is 2.70. The van der Waals surface area contributed by atoms with Gasteiger partial charge in [0.2, 0.25) is 0 Å². The van der Waals surface area contributed by atoms with Gasteiger partial charge in [-0.3, -0.25) is 4.98 Å². The topological polar surface area (TPSA) is 69.4 Å². The van der Waals surface area contributed by atoms with Crippen molar-refractivity contribution in [3.05, 3.63) is 30.5 Å². The van der Waals surface area contributed by atoms with Crippen LogP contribution in [0.2, 0.25) is 0 Å². The molecule has 0 saturated carbocycles. The van der Waals surface area contributed by atoms with Crippen LogP contribution in [0.1, 0.15) is 11.4 Å². The van der Waals surface area contributed by atoms with Crippen molar-refractivity contribution in [3.8, 4) is 5.82 Å². The van der Waals surface area contributed by atoms with Crippen LogP contribution in [0.4, 0.5) is 0 Å². The lowest BCUT2D eigenvalue weighted by Crippen LogP contribution is -2.02. The normalized spacial score (nSPS) is 10.1. The molecule has 0 radical (unpaired) electrons. The first-order valence-corrected chi connectivity index (χ1v) is 4.00. The van der Waals surface area contributed by atoms with Crippen molar-refractivity contribution in [1.29, 1.82) is 0 Å². The third-order valence-electron chi connectivity index (χ3n) is 1.75. The molecule has 0 atom stereocenters. The van der Waals surface area contributed by atoms with Crippen molar-refractivity contribution < 1.29 is 0 Å². The summed E-state index contributed by atoms with van der Waals surface area (Å²) in [7, 11) is 0. The summed E-state index contributed by atoms with van der Waals surface area (Å²) >= 11 is 0. The lowest BCUT2D eigenvalue weighted by Gasteiger charge is -2.01. The first-order chi connectivity index (χ1) is 6.81. The fourth-order valence-corrected chi connectivity index (χ4v) is 1.06. The van der Waals surface area contributed by atoms with Crippen molar-refractivity contribution in [2.45, 2.75) is 6.92 Å². The highest BCUT2D eigenvalue weighted by molar-refractivity contribution is 5.44. The first kappa shape index (κ1) is 8.49. The van der Waals surface area contributed by atoms with Gasteiger partial charge in [0.1, 0.15) is 6.33 Å². The Morgan fingerprint density at radius 3 is 2.93 bits per heavy atom. The predicted octanol–water partition coefficient (Wildman–Crippen LogP) is 0.404. The summed E-state index contributed by atoms with van der Waals surface area (Å²) in [6.07, 6.45) is 4.73. The maximum atomic E-state index is 4.27. The molecule has 0 N–H and O–H groups in total. The molecule has 70 valence electrons. The molecule has 0 aliphatic rings. The second kappa shape index (κ2) is 3.33. The van der Waals surface area contributed by atoms with Crippen molar-refractivity contribution in [3.63, 3.8) is 0 Å². The van der Waals surface area contributed by atoms with Crippen LogP contribution < -0.4 is 0 Å². The van der Waals surface area contributed by atoms with Gasteiger partial charge in [0, 0.05) is 0 Å². The molecule has 0 aromatic carbocycles. The van der Waals surface area contributed by atoms with E-state index in [0.29, 0.717) is 5.82 Å². The molecule has 6 nitrogen and oxygen atoms in total. The van der Waals surface area contributed by atoms with Gasteiger partial charge < -0.3 is 0 Å². The molecular formula is C8H8N6. The molecule has 0 amide bonds. The zero-order valence-electron chi connectivity index (χ0n) is 7.62. The molecule has 0 aliphatic heterocycles. The smallest absolute Gasteiger partial charge is 0.175 e. The number of aryl methyl sites for hydroxylation is 1. The van der Waals surface area contributed by atoms with Crippen LogP contribution in [0.5, 0.6) is 0 Å². The van der Waals surface area contributed by atoms with E-state index in [1.807, 2.05) is 6.92 Å². The number of rotatable bonds is 2. The number of aromatic nitrogens is 6. The van der Waals surface area contributed by atoms with Crippen LogP contribution in [0.25, 0.3) is 11.9 Å². The van der Waals surface area contributed by atoms with E-state index in [0.717, 1.165) is 11.4 Å². The summed E-state index contributed by atoms with van der Waals surface area (Å²) in [5.41, 5.74) is 1.56. The van der Waals surface area contributed by atoms with Crippen LogP contribution in [-0.4, -0.2) is 30.2 Å². The van der Waals surface area contributed by atoms with E-state index in [1.165, 1.54) is 11.0 Å². The van der Waals surface area contributed by atoms with E-state index in [4.69, 9.17) is 0 Å². The lowest BCUT2D eigenvalue weighted by atomic mass is 10.3. The second-order valence-corrected chi connectivity index (χ2v) is 2.66. The van der Waals surface area contributed by atoms with Gasteiger partial charge in [-0.25, -0.2) is 4.98 Å². The highest BCUT2D eigenvalue weighted by atomic mass is 15.5. The molecule has 2 heterocycles. The molecule has 2 rings (SSSR count). The predicted molar refractivity (Wildman–Crippen MR) is 49.6 cm³/mol. The van der Waals surface area contributed by atoms with E-state index in [2.05, 4.69) is 32.1 Å². The van der Waals surface area contributed by atoms with Gasteiger partial charge in [0.05, 0.1) is 17.6 Å². The zero-order chi connectivity index (χ0) is 9.97. The van der Waals surface area contributed by atoms with E-state index >= 15 is 0 Å². The number of hydrogen-bond acceptors (Lipinski definition) is 5. The van der Waals surface area contributed by atoms with Crippen molar-refractivity contribution >= 4 is 6.08 Å². The Hall–Kier alpha value is -2.11. The number of nitrogens with zero attached hydrogens (tertiary/aromatic N) is 6. The molecule has 14 heavy (non-hydrogen) atoms. The summed E-state index contributed by atoms with van der Waals surface area (Å²) in [6, 6.07) is 0. The van der Waals surface area contributed by atoms with Gasteiger partial charge in [0.25, 0.3) is 0 Å². The molecule has 0 bridgehead atoms. The minimum Gasteiger partial charge on any atom is -0.251 e. The minimum atomic E-state index is 0.595. The van der Waals surface area contributed by atoms with Gasteiger partial charge >= 0.3 is 0 Å². The third-order valence-corrected chi connectivity index (χ3v) is 1.75. The first-order valence-electron chi connectivity index (χ1n) is 4.00. The van der Waals surface area contributed by atoms with Crippen LogP contribution in [0.3, 0.4) is 0 Å². The number of tetrazole rings is 1. The Morgan fingerprint density at radius 2 is 2.36 bits per heavy atom. The monoisotopic (exact) mass is 188 g/mol. The molecule has 0 unspecified atom stereocenters. The molecule has 2 aromatic heterocycles. The van der Waals surface area contributed by atoms with Gasteiger partial charge in [-0.2, -0.15) is 4.68 Å². The molecule has 0 saturated heterocycles. The van der Waals surface area contributed by atoms with Gasteiger partial charge in [-0.1, -0.05) is 6.58 Å². The fraction of sp³-hybridized carbons (Fsp3) is 0.125. The van der Waals surface area contributed by atoms with E-state index in [1.54, 1.807) is 12.3 Å². The molecule has 0 aliphatic carbocycles. The Kier molecular flexibility index (Phi) is 2.02. The van der Waals surface area contributed by atoms with Crippen molar-refractivity contribution in [2.75, 3.05) is 0 Å². The van der Waals surface area contributed by atoms with Crippen LogP contribution in [0, 0.1) is 6.92 Å². The summed E-state index contributed by atoms with van der Waals surface area (Å²) in [6.45, 7) is 5.49. The summed E-state index contributed by atoms with van der Waals surface area (Å²) in [5.74, 6) is 0.595. The number of hydrogen-bond donors (Lipinski definition) is 0. The minimum absolute atomic E-state index is 0.595. The Bertz CT molecular complexity index is 447. The van der Waals surface area contributed by atoms with Crippen LogP contribution in [-0.2, 0) is 0 Å². The standard InChI is InChI=1S/C8H8N6/c1-3-7-6(2)11-8(4-9-7)14-5-10-12-13-14/h3-5H,1H2,2H3. The largest absolute Gasteiger partial charge is 0.251 e. The van der Waals surface area contributed by atoms with Gasteiger partial charge in [0.15, 0.2) is 5.82 Å². The highest BCUT2D eigenvalue weighted by Gasteiger charge is 2.02. The molecule has 6 heteroatoms. The molecule has 2 aromatic rings. The van der Waals surface area contributed by atoms with Crippen molar-refractivity contribution in [2.24, 2.45) is 0 Å². The fourth-order valence-electron chi connectivity index (χ4n) is 1.06. The lowest BCUT2D eigenvalue weighted by molar-refractivity contribution is 0.762. The quantitative estimate of drug-likeness (QED) is 0.682. The SMILES string of the molecule is C=Cc1ncc(-n2cnnn2)nc1C. The summed E-state index contributed by atoms with van der Waals surface area (Å²) in [4.78, 5) is 8.43. The summed E-state index contributed by atoms with van der Waals surface area (Å²) < 4.78 is 1.45. The summed E-state index contributed by atoms with van der Waals surface area (Å²) in [5, 5.41) is 10.7. The Labute approximate surface area is 80.3 Å². The van der Waals surface area contributed by atoms with Gasteiger partial charge in [-0.05, 0) is 23.4 Å². The van der Waals surface area contributed by atoms with Crippen molar-refractivity contribution in [1.82, 2.24) is 30.2 Å². The van der Waals surface area contributed by atoms with E-state index in [-0.39, 0.29) is 0 Å². The highest BCUT2D eigenvalue weighted by Crippen LogP contribution is 2.05. The molecular weight excluding hydrogens is 180 g/mol. The zero-order valence-corrected chi connectivity index (χ0v) is 7.62. The second-order valence-electron chi connectivity index (χ2n) is 2.66.